The quantitative estimate of drug-likeness (QED) is 0.639. The van der Waals surface area contributed by atoms with Gasteiger partial charge in [0.2, 0.25) is 0 Å². The second-order valence-electron chi connectivity index (χ2n) is 5.08. The number of benzene rings is 1. The van der Waals surface area contributed by atoms with E-state index < -0.39 is 5.97 Å². The zero-order chi connectivity index (χ0) is 14.6. The molecule has 3 heterocycles. The van der Waals surface area contributed by atoms with Crippen molar-refractivity contribution in [2.45, 2.75) is 23.7 Å². The molecule has 0 saturated carbocycles. The van der Waals surface area contributed by atoms with E-state index in [4.69, 9.17) is 14.5 Å². The fourth-order valence-electron chi connectivity index (χ4n) is 2.68. The fourth-order valence-corrected chi connectivity index (χ4v) is 3.86. The van der Waals surface area contributed by atoms with Crippen LogP contribution in [0.25, 0.3) is 5.57 Å². The standard InChI is InChI=1S/C14H10N4O3S/c1-2-6-10-9(5-1)14(20-21-14)19-12-8(13-15-17-18-16-13)4-3-7-11(12)22-10/h1-2,4-6H,3,7H2,(H,15,16,17,18). The van der Waals surface area contributed by atoms with Crippen LogP contribution in [0.3, 0.4) is 0 Å². The van der Waals surface area contributed by atoms with E-state index in [0.29, 0.717) is 11.6 Å². The molecule has 1 aromatic heterocycles. The molecule has 1 fully saturated rings. The number of hydrogen-bond donors (Lipinski definition) is 1. The van der Waals surface area contributed by atoms with Crippen molar-refractivity contribution in [3.05, 3.63) is 52.4 Å². The summed E-state index contributed by atoms with van der Waals surface area (Å²) in [4.78, 5) is 12.6. The van der Waals surface area contributed by atoms with Crippen molar-refractivity contribution >= 4 is 17.3 Å². The Morgan fingerprint density at radius 2 is 2.14 bits per heavy atom. The topological polar surface area (TPSA) is 88.8 Å². The summed E-state index contributed by atoms with van der Waals surface area (Å²) >= 11 is 1.68. The number of H-pyrrole nitrogens is 1. The third kappa shape index (κ3) is 1.75. The molecule has 0 bridgehead atoms. The molecule has 1 spiro atoms. The summed E-state index contributed by atoms with van der Waals surface area (Å²) in [5.74, 6) is 0.142. The highest BCUT2D eigenvalue weighted by Gasteiger charge is 2.58. The predicted molar refractivity (Wildman–Crippen MR) is 75.6 cm³/mol. The molecule has 7 nitrogen and oxygen atoms in total. The van der Waals surface area contributed by atoms with Crippen LogP contribution in [0.15, 0.2) is 45.9 Å². The van der Waals surface area contributed by atoms with Gasteiger partial charge in [0.15, 0.2) is 5.82 Å². The Balaban J connectivity index is 1.65. The lowest BCUT2D eigenvalue weighted by Crippen LogP contribution is -2.15. The van der Waals surface area contributed by atoms with Crippen LogP contribution in [-0.4, -0.2) is 20.6 Å². The first-order valence-corrected chi connectivity index (χ1v) is 7.68. The van der Waals surface area contributed by atoms with Gasteiger partial charge in [-0.1, -0.05) is 30.0 Å². The maximum Gasteiger partial charge on any atom is 0.411 e. The molecule has 3 aliphatic rings. The minimum Gasteiger partial charge on any atom is -0.430 e. The molecular formula is C14H10N4O3S. The maximum absolute atomic E-state index is 6.11. The minimum atomic E-state index is -1.15. The number of tetrazole rings is 1. The summed E-state index contributed by atoms with van der Waals surface area (Å²) in [6.07, 6.45) is 3.87. The van der Waals surface area contributed by atoms with E-state index >= 15 is 0 Å². The van der Waals surface area contributed by atoms with Crippen LogP contribution in [0.5, 0.6) is 0 Å². The summed E-state index contributed by atoms with van der Waals surface area (Å²) in [6.45, 7) is 0. The van der Waals surface area contributed by atoms with E-state index in [1.54, 1.807) is 11.8 Å². The van der Waals surface area contributed by atoms with Gasteiger partial charge in [0.05, 0.1) is 11.1 Å². The van der Waals surface area contributed by atoms with E-state index in [1.165, 1.54) is 0 Å². The summed E-state index contributed by atoms with van der Waals surface area (Å²) in [7, 11) is 0. The number of aromatic amines is 1. The van der Waals surface area contributed by atoms with Gasteiger partial charge >= 0.3 is 5.97 Å². The summed E-state index contributed by atoms with van der Waals surface area (Å²) in [5, 5.41) is 14.1. The van der Waals surface area contributed by atoms with Crippen LogP contribution in [0.1, 0.15) is 24.2 Å². The number of ether oxygens (including phenoxy) is 1. The van der Waals surface area contributed by atoms with Crippen LogP contribution in [0, 0.1) is 0 Å². The number of aromatic nitrogens is 4. The van der Waals surface area contributed by atoms with Gasteiger partial charge in [0.1, 0.15) is 5.76 Å². The molecule has 5 rings (SSSR count). The normalized spacial score (nSPS) is 21.5. The van der Waals surface area contributed by atoms with Crippen LogP contribution >= 0.6 is 11.8 Å². The van der Waals surface area contributed by atoms with E-state index in [9.17, 15) is 0 Å². The van der Waals surface area contributed by atoms with Crippen LogP contribution in [0.4, 0.5) is 0 Å². The second-order valence-corrected chi connectivity index (χ2v) is 6.22. The minimum absolute atomic E-state index is 0.578. The maximum atomic E-state index is 6.11. The Kier molecular flexibility index (Phi) is 2.49. The molecule has 8 heteroatoms. The van der Waals surface area contributed by atoms with Crippen molar-refractivity contribution in [3.63, 3.8) is 0 Å². The van der Waals surface area contributed by atoms with E-state index in [1.807, 2.05) is 24.3 Å². The van der Waals surface area contributed by atoms with Gasteiger partial charge in [-0.2, -0.15) is 0 Å². The smallest absolute Gasteiger partial charge is 0.411 e. The average molecular weight is 314 g/mol. The molecule has 1 aliphatic carbocycles. The zero-order valence-corrected chi connectivity index (χ0v) is 12.1. The lowest BCUT2D eigenvalue weighted by molar-refractivity contribution is -0.00728. The lowest BCUT2D eigenvalue weighted by atomic mass is 10.0. The van der Waals surface area contributed by atoms with Crippen LogP contribution in [0.2, 0.25) is 0 Å². The number of fused-ring (bicyclic) bond motifs is 2. The molecule has 0 unspecified atom stereocenters. The molecule has 2 aromatic rings. The molecule has 22 heavy (non-hydrogen) atoms. The first-order valence-electron chi connectivity index (χ1n) is 6.87. The molecule has 1 N–H and O–H groups in total. The van der Waals surface area contributed by atoms with Gasteiger partial charge in [-0.25, -0.2) is 5.10 Å². The number of thioether (sulfide) groups is 1. The molecule has 110 valence electrons. The van der Waals surface area contributed by atoms with Crippen molar-refractivity contribution < 1.29 is 14.5 Å². The average Bonchev–Trinajstić information content (AvgIpc) is 3.16. The third-order valence-corrected chi connectivity index (χ3v) is 4.95. The van der Waals surface area contributed by atoms with Gasteiger partial charge in [0, 0.05) is 9.80 Å². The molecular weight excluding hydrogens is 304 g/mol. The summed E-state index contributed by atoms with van der Waals surface area (Å²) in [6, 6.07) is 7.93. The highest BCUT2D eigenvalue weighted by Crippen LogP contribution is 2.55. The van der Waals surface area contributed by atoms with Gasteiger partial charge in [-0.3, -0.25) is 0 Å². The van der Waals surface area contributed by atoms with Crippen LogP contribution in [-0.2, 0) is 20.5 Å². The molecule has 0 amide bonds. The fraction of sp³-hybridized carbons (Fsp3) is 0.214. The van der Waals surface area contributed by atoms with Gasteiger partial charge < -0.3 is 4.74 Å². The van der Waals surface area contributed by atoms with Crippen molar-refractivity contribution in [2.24, 2.45) is 0 Å². The Morgan fingerprint density at radius 3 is 2.95 bits per heavy atom. The highest BCUT2D eigenvalue weighted by molar-refractivity contribution is 8.03. The van der Waals surface area contributed by atoms with E-state index in [0.717, 1.165) is 33.8 Å². The molecule has 0 atom stereocenters. The van der Waals surface area contributed by atoms with Crippen molar-refractivity contribution in [2.75, 3.05) is 0 Å². The number of rotatable bonds is 1. The van der Waals surface area contributed by atoms with Crippen molar-refractivity contribution in [1.29, 1.82) is 0 Å². The largest absolute Gasteiger partial charge is 0.430 e. The number of nitrogens with one attached hydrogen (secondary N) is 1. The van der Waals surface area contributed by atoms with E-state index in [-0.39, 0.29) is 0 Å². The first-order chi connectivity index (χ1) is 10.9. The van der Waals surface area contributed by atoms with Crippen molar-refractivity contribution in [1.82, 2.24) is 20.6 Å². The SMILES string of the molecule is C1=C(c2nnn[nH]2)C2=C(CC1)Sc1ccccc1C1(OO1)O2. The van der Waals surface area contributed by atoms with E-state index in [2.05, 4.69) is 26.7 Å². The highest BCUT2D eigenvalue weighted by atomic mass is 32.2. The Bertz CT molecular complexity index is 811. The van der Waals surface area contributed by atoms with Gasteiger partial charge in [0.25, 0.3) is 0 Å². The summed E-state index contributed by atoms with van der Waals surface area (Å²) < 4.78 is 6.11. The molecule has 1 aromatic carbocycles. The molecule has 1 saturated heterocycles. The predicted octanol–water partition coefficient (Wildman–Crippen LogP) is 2.48. The van der Waals surface area contributed by atoms with Crippen LogP contribution < -0.4 is 0 Å². The van der Waals surface area contributed by atoms with Gasteiger partial charge in [-0.15, -0.1) is 14.9 Å². The second kappa shape index (κ2) is 4.42. The Hall–Kier alpha value is -2.16. The number of allylic oxidation sites excluding steroid dienone is 3. The number of hydrogen-bond acceptors (Lipinski definition) is 7. The zero-order valence-electron chi connectivity index (χ0n) is 11.3. The van der Waals surface area contributed by atoms with Gasteiger partial charge in [-0.05, 0) is 35.4 Å². The number of nitrogens with zero attached hydrogens (tertiary/aromatic N) is 3. The summed E-state index contributed by atoms with van der Waals surface area (Å²) in [5.41, 5.74) is 1.72. The molecule has 0 radical (unpaired) electrons. The third-order valence-electron chi connectivity index (χ3n) is 3.74. The Labute approximate surface area is 129 Å². The monoisotopic (exact) mass is 314 g/mol. The van der Waals surface area contributed by atoms with Crippen molar-refractivity contribution in [3.8, 4) is 0 Å². The lowest BCUT2D eigenvalue weighted by Gasteiger charge is -2.18. The molecule has 2 aliphatic heterocycles. The Morgan fingerprint density at radius 1 is 1.23 bits per heavy atom. The first kappa shape index (κ1) is 12.4.